The fraction of sp³-hybridized carbons (Fsp3) is 0.700. The van der Waals surface area contributed by atoms with Gasteiger partial charge in [-0.15, -0.1) is 0 Å². The second-order valence-corrected chi connectivity index (χ2v) is 3.51. The molecular weight excluding hydrogens is 150 g/mol. The molecule has 2 heteroatoms. The Balaban J connectivity index is 2.53. The third-order valence-corrected chi connectivity index (χ3v) is 2.45. The number of rotatable bonds is 2. The monoisotopic (exact) mass is 167 g/mol. The number of nitrogens with zero attached hydrogens (tertiary/aromatic N) is 1. The second kappa shape index (κ2) is 4.29. The molecule has 2 unspecified atom stereocenters. The Morgan fingerprint density at radius 2 is 2.42 bits per heavy atom. The van der Waals surface area contributed by atoms with Crippen molar-refractivity contribution in [3.8, 4) is 0 Å². The van der Waals surface area contributed by atoms with Gasteiger partial charge in [0.2, 0.25) is 0 Å². The van der Waals surface area contributed by atoms with E-state index in [1.54, 1.807) is 7.11 Å². The molecule has 0 radical (unpaired) electrons. The number of hydrogen-bond acceptors (Lipinski definition) is 2. The standard InChI is InChI=1S/C10H17NO/c1-8-4-5-10(7-11-12-3)9(2)6-8/h6-7,9-10H,4-5H2,1-3H3/b11-7+. The van der Waals surface area contributed by atoms with Crippen LogP contribution in [0.3, 0.4) is 0 Å². The van der Waals surface area contributed by atoms with Gasteiger partial charge in [-0.25, -0.2) is 0 Å². The lowest BCUT2D eigenvalue weighted by Crippen LogP contribution is -2.15. The molecular formula is C10H17NO. The smallest absolute Gasteiger partial charge is 0.106 e. The lowest BCUT2D eigenvalue weighted by Gasteiger charge is -2.22. The van der Waals surface area contributed by atoms with Crippen molar-refractivity contribution in [2.75, 3.05) is 7.11 Å². The average molecular weight is 167 g/mol. The number of hydrogen-bond donors (Lipinski definition) is 0. The molecule has 0 saturated heterocycles. The summed E-state index contributed by atoms with van der Waals surface area (Å²) in [6.45, 7) is 4.43. The SMILES string of the molecule is CO/N=C/C1CCC(C)=CC1C. The van der Waals surface area contributed by atoms with Gasteiger partial charge in [0, 0.05) is 12.1 Å². The molecule has 0 bridgehead atoms. The van der Waals surface area contributed by atoms with E-state index in [0.29, 0.717) is 11.8 Å². The summed E-state index contributed by atoms with van der Waals surface area (Å²) in [5, 5.41) is 3.82. The van der Waals surface area contributed by atoms with Crippen LogP contribution in [-0.4, -0.2) is 13.3 Å². The Labute approximate surface area is 74.3 Å². The summed E-state index contributed by atoms with van der Waals surface area (Å²) < 4.78 is 0. The van der Waals surface area contributed by atoms with E-state index in [2.05, 4.69) is 29.9 Å². The van der Waals surface area contributed by atoms with Gasteiger partial charge >= 0.3 is 0 Å². The Morgan fingerprint density at radius 1 is 1.67 bits per heavy atom. The molecule has 0 N–H and O–H groups in total. The minimum Gasteiger partial charge on any atom is -0.399 e. The molecule has 0 fully saturated rings. The molecule has 0 saturated carbocycles. The third-order valence-electron chi connectivity index (χ3n) is 2.45. The summed E-state index contributed by atoms with van der Waals surface area (Å²) in [6.07, 6.45) is 6.66. The molecule has 0 aliphatic heterocycles. The van der Waals surface area contributed by atoms with Gasteiger partial charge in [-0.05, 0) is 25.7 Å². The lowest BCUT2D eigenvalue weighted by molar-refractivity contribution is 0.212. The van der Waals surface area contributed by atoms with E-state index in [-0.39, 0.29) is 0 Å². The summed E-state index contributed by atoms with van der Waals surface area (Å²) in [5.74, 6) is 1.17. The Hall–Kier alpha value is -0.790. The van der Waals surface area contributed by atoms with Gasteiger partial charge in [-0.2, -0.15) is 0 Å². The summed E-state index contributed by atoms with van der Waals surface area (Å²) in [5.41, 5.74) is 1.50. The largest absolute Gasteiger partial charge is 0.399 e. The van der Waals surface area contributed by atoms with E-state index in [0.717, 1.165) is 0 Å². The van der Waals surface area contributed by atoms with E-state index >= 15 is 0 Å². The second-order valence-electron chi connectivity index (χ2n) is 3.51. The molecule has 0 heterocycles. The number of allylic oxidation sites excluding steroid dienone is 2. The van der Waals surface area contributed by atoms with Gasteiger partial charge in [0.25, 0.3) is 0 Å². The Kier molecular flexibility index (Phi) is 3.32. The molecule has 1 aliphatic rings. The Morgan fingerprint density at radius 3 is 3.00 bits per heavy atom. The van der Waals surface area contributed by atoms with Crippen LogP contribution in [0, 0.1) is 11.8 Å². The minimum absolute atomic E-state index is 0.564. The topological polar surface area (TPSA) is 21.6 Å². The highest BCUT2D eigenvalue weighted by atomic mass is 16.6. The van der Waals surface area contributed by atoms with Gasteiger partial charge in [0.15, 0.2) is 0 Å². The zero-order valence-electron chi connectivity index (χ0n) is 8.08. The van der Waals surface area contributed by atoms with E-state index in [1.165, 1.54) is 18.4 Å². The van der Waals surface area contributed by atoms with E-state index in [4.69, 9.17) is 0 Å². The van der Waals surface area contributed by atoms with Crippen LogP contribution >= 0.6 is 0 Å². The van der Waals surface area contributed by atoms with E-state index in [1.807, 2.05) is 6.21 Å². The van der Waals surface area contributed by atoms with E-state index in [9.17, 15) is 0 Å². The first-order chi connectivity index (χ1) is 5.74. The first kappa shape index (κ1) is 9.30. The average Bonchev–Trinajstić information content (AvgIpc) is 2.03. The molecule has 0 aromatic heterocycles. The zero-order chi connectivity index (χ0) is 8.97. The van der Waals surface area contributed by atoms with Crippen LogP contribution < -0.4 is 0 Å². The highest BCUT2D eigenvalue weighted by molar-refractivity contribution is 5.61. The van der Waals surface area contributed by atoms with Crippen molar-refractivity contribution in [1.82, 2.24) is 0 Å². The van der Waals surface area contributed by atoms with Crippen LogP contribution in [0.1, 0.15) is 26.7 Å². The fourth-order valence-electron chi connectivity index (χ4n) is 1.66. The minimum atomic E-state index is 0.564. The van der Waals surface area contributed by atoms with Gasteiger partial charge < -0.3 is 4.84 Å². The van der Waals surface area contributed by atoms with Crippen LogP contribution in [0.15, 0.2) is 16.8 Å². The molecule has 2 atom stereocenters. The van der Waals surface area contributed by atoms with Crippen molar-refractivity contribution in [3.63, 3.8) is 0 Å². The maximum absolute atomic E-state index is 4.67. The molecule has 68 valence electrons. The summed E-state index contributed by atoms with van der Waals surface area (Å²) >= 11 is 0. The molecule has 2 nitrogen and oxygen atoms in total. The quantitative estimate of drug-likeness (QED) is 0.352. The molecule has 0 spiro atoms. The fourth-order valence-corrected chi connectivity index (χ4v) is 1.66. The van der Waals surface area contributed by atoms with Crippen molar-refractivity contribution in [3.05, 3.63) is 11.6 Å². The van der Waals surface area contributed by atoms with Crippen molar-refractivity contribution in [1.29, 1.82) is 0 Å². The number of oxime groups is 1. The van der Waals surface area contributed by atoms with Crippen LogP contribution in [0.5, 0.6) is 0 Å². The zero-order valence-corrected chi connectivity index (χ0v) is 8.08. The molecule has 1 aliphatic carbocycles. The van der Waals surface area contributed by atoms with Gasteiger partial charge in [-0.3, -0.25) is 0 Å². The molecule has 1 rings (SSSR count). The maximum Gasteiger partial charge on any atom is 0.106 e. The van der Waals surface area contributed by atoms with Crippen LogP contribution in [-0.2, 0) is 4.84 Å². The van der Waals surface area contributed by atoms with Crippen molar-refractivity contribution in [2.45, 2.75) is 26.7 Å². The highest BCUT2D eigenvalue weighted by Crippen LogP contribution is 2.26. The maximum atomic E-state index is 4.67. The summed E-state index contributed by atoms with van der Waals surface area (Å²) in [7, 11) is 1.59. The van der Waals surface area contributed by atoms with Crippen LogP contribution in [0.2, 0.25) is 0 Å². The Bertz CT molecular complexity index is 196. The predicted octanol–water partition coefficient (Wildman–Crippen LogP) is 2.61. The molecule has 0 amide bonds. The van der Waals surface area contributed by atoms with Gasteiger partial charge in [-0.1, -0.05) is 23.7 Å². The van der Waals surface area contributed by atoms with E-state index < -0.39 is 0 Å². The van der Waals surface area contributed by atoms with Gasteiger partial charge in [0.1, 0.15) is 7.11 Å². The van der Waals surface area contributed by atoms with Crippen LogP contribution in [0.4, 0.5) is 0 Å². The summed E-state index contributed by atoms with van der Waals surface area (Å²) in [6, 6.07) is 0. The van der Waals surface area contributed by atoms with Crippen molar-refractivity contribution in [2.24, 2.45) is 17.0 Å². The van der Waals surface area contributed by atoms with Crippen LogP contribution in [0.25, 0.3) is 0 Å². The third kappa shape index (κ3) is 2.36. The molecule has 0 aromatic rings. The van der Waals surface area contributed by atoms with Crippen molar-refractivity contribution >= 4 is 6.21 Å². The first-order valence-electron chi connectivity index (χ1n) is 4.48. The van der Waals surface area contributed by atoms with Crippen molar-refractivity contribution < 1.29 is 4.84 Å². The summed E-state index contributed by atoms with van der Waals surface area (Å²) in [4.78, 5) is 4.67. The molecule has 0 aromatic carbocycles. The van der Waals surface area contributed by atoms with Gasteiger partial charge in [0.05, 0.1) is 0 Å². The lowest BCUT2D eigenvalue weighted by atomic mass is 9.83. The highest BCUT2D eigenvalue weighted by Gasteiger charge is 2.17. The first-order valence-corrected chi connectivity index (χ1v) is 4.48. The normalized spacial score (nSPS) is 30.4. The molecule has 12 heavy (non-hydrogen) atoms. The predicted molar refractivity (Wildman–Crippen MR) is 51.1 cm³/mol.